The van der Waals surface area contributed by atoms with Gasteiger partial charge in [-0.3, -0.25) is 4.79 Å². The van der Waals surface area contributed by atoms with Gasteiger partial charge in [-0.25, -0.2) is 13.1 Å². The summed E-state index contributed by atoms with van der Waals surface area (Å²) in [5, 5.41) is 8.93. The van der Waals surface area contributed by atoms with Crippen molar-refractivity contribution in [2.75, 3.05) is 18.9 Å². The van der Waals surface area contributed by atoms with E-state index in [0.717, 1.165) is 0 Å². The standard InChI is InChI=1S/C9H19NO5S/c1-3-15-9(12)5-7-16(13,14)10-6-4-8(2)11/h8,10-11H,3-7H2,1-2H3. The molecule has 0 saturated carbocycles. The minimum absolute atomic E-state index is 0.155. The van der Waals surface area contributed by atoms with Gasteiger partial charge in [0.1, 0.15) is 0 Å². The second-order valence-corrected chi connectivity index (χ2v) is 5.33. The second-order valence-electron chi connectivity index (χ2n) is 3.41. The molecule has 6 nitrogen and oxygen atoms in total. The predicted molar refractivity (Wildman–Crippen MR) is 59.3 cm³/mol. The summed E-state index contributed by atoms with van der Waals surface area (Å²) in [6.07, 6.45) is -0.357. The Balaban J connectivity index is 3.83. The third-order valence-electron chi connectivity index (χ3n) is 1.76. The van der Waals surface area contributed by atoms with E-state index in [1.807, 2.05) is 0 Å². The molecule has 0 aromatic rings. The molecule has 16 heavy (non-hydrogen) atoms. The number of rotatable bonds is 8. The zero-order chi connectivity index (χ0) is 12.6. The van der Waals surface area contributed by atoms with Gasteiger partial charge in [0.2, 0.25) is 10.0 Å². The SMILES string of the molecule is CCOC(=O)CCS(=O)(=O)NCCC(C)O. The summed E-state index contributed by atoms with van der Waals surface area (Å²) >= 11 is 0. The molecule has 2 N–H and O–H groups in total. The number of aliphatic hydroxyl groups is 1. The van der Waals surface area contributed by atoms with Crippen molar-refractivity contribution in [3.8, 4) is 0 Å². The molecule has 0 aliphatic rings. The van der Waals surface area contributed by atoms with Crippen molar-refractivity contribution in [1.29, 1.82) is 0 Å². The fourth-order valence-corrected chi connectivity index (χ4v) is 1.95. The number of carbonyl (C=O) groups excluding carboxylic acids is 1. The Morgan fingerprint density at radius 1 is 1.50 bits per heavy atom. The van der Waals surface area contributed by atoms with Gasteiger partial charge in [-0.15, -0.1) is 0 Å². The fraction of sp³-hybridized carbons (Fsp3) is 0.889. The summed E-state index contributed by atoms with van der Waals surface area (Å²) in [5.74, 6) is -0.811. The average molecular weight is 253 g/mol. The van der Waals surface area contributed by atoms with Gasteiger partial charge < -0.3 is 9.84 Å². The molecule has 1 atom stereocenters. The fourth-order valence-electron chi connectivity index (χ4n) is 0.946. The molecule has 0 bridgehead atoms. The van der Waals surface area contributed by atoms with Gasteiger partial charge >= 0.3 is 5.97 Å². The van der Waals surface area contributed by atoms with Gasteiger partial charge in [0.25, 0.3) is 0 Å². The average Bonchev–Trinajstić information content (AvgIpc) is 2.14. The van der Waals surface area contributed by atoms with Crippen LogP contribution >= 0.6 is 0 Å². The van der Waals surface area contributed by atoms with Gasteiger partial charge in [0.15, 0.2) is 0 Å². The smallest absolute Gasteiger partial charge is 0.306 e. The highest BCUT2D eigenvalue weighted by Gasteiger charge is 2.13. The maximum Gasteiger partial charge on any atom is 0.306 e. The quantitative estimate of drug-likeness (QED) is 0.576. The monoisotopic (exact) mass is 253 g/mol. The van der Waals surface area contributed by atoms with E-state index in [-0.39, 0.29) is 25.3 Å². The predicted octanol–water partition coefficient (Wildman–Crippen LogP) is -0.370. The lowest BCUT2D eigenvalue weighted by molar-refractivity contribution is -0.142. The van der Waals surface area contributed by atoms with Crippen LogP contribution < -0.4 is 4.72 Å². The molecule has 0 aromatic carbocycles. The summed E-state index contributed by atoms with van der Waals surface area (Å²) in [4.78, 5) is 10.9. The molecule has 0 aliphatic carbocycles. The van der Waals surface area contributed by atoms with Crippen molar-refractivity contribution >= 4 is 16.0 Å². The van der Waals surface area contributed by atoms with E-state index in [1.165, 1.54) is 0 Å². The Morgan fingerprint density at radius 3 is 2.62 bits per heavy atom. The van der Waals surface area contributed by atoms with Crippen LogP contribution in [0.15, 0.2) is 0 Å². The zero-order valence-electron chi connectivity index (χ0n) is 9.60. The first-order valence-corrected chi connectivity index (χ1v) is 6.83. The summed E-state index contributed by atoms with van der Waals surface area (Å²) in [6.45, 7) is 3.65. The maximum absolute atomic E-state index is 11.3. The van der Waals surface area contributed by atoms with Crippen LogP contribution in [0.3, 0.4) is 0 Å². The summed E-state index contributed by atoms with van der Waals surface area (Å²) < 4.78 is 29.5. The van der Waals surface area contributed by atoms with Gasteiger partial charge in [-0.05, 0) is 20.3 Å². The third-order valence-corrected chi connectivity index (χ3v) is 3.15. The molecule has 0 heterocycles. The van der Waals surface area contributed by atoms with Gasteiger partial charge in [-0.2, -0.15) is 0 Å². The van der Waals surface area contributed by atoms with Gasteiger partial charge in [0, 0.05) is 6.54 Å². The molecule has 0 rings (SSSR count). The molecule has 0 amide bonds. The van der Waals surface area contributed by atoms with Crippen molar-refractivity contribution in [2.45, 2.75) is 32.8 Å². The molecule has 1 unspecified atom stereocenters. The first-order valence-electron chi connectivity index (χ1n) is 5.18. The number of aliphatic hydroxyl groups excluding tert-OH is 1. The largest absolute Gasteiger partial charge is 0.466 e. The van der Waals surface area contributed by atoms with E-state index in [1.54, 1.807) is 13.8 Å². The Hall–Kier alpha value is -0.660. The highest BCUT2D eigenvalue weighted by Crippen LogP contribution is 1.94. The molecule has 96 valence electrons. The van der Waals surface area contributed by atoms with Crippen molar-refractivity contribution in [3.05, 3.63) is 0 Å². The highest BCUT2D eigenvalue weighted by atomic mass is 32.2. The minimum Gasteiger partial charge on any atom is -0.466 e. The molecular weight excluding hydrogens is 234 g/mol. The van der Waals surface area contributed by atoms with Gasteiger partial charge in [0.05, 0.1) is 24.9 Å². The van der Waals surface area contributed by atoms with E-state index >= 15 is 0 Å². The molecule has 0 spiro atoms. The van der Waals surface area contributed by atoms with Crippen LogP contribution in [0.1, 0.15) is 26.7 Å². The topological polar surface area (TPSA) is 92.7 Å². The van der Waals surface area contributed by atoms with E-state index in [2.05, 4.69) is 9.46 Å². The van der Waals surface area contributed by atoms with Crippen molar-refractivity contribution in [2.24, 2.45) is 0 Å². The Bertz CT molecular complexity index is 299. The molecule has 0 aliphatic heterocycles. The van der Waals surface area contributed by atoms with Crippen molar-refractivity contribution in [3.63, 3.8) is 0 Å². The van der Waals surface area contributed by atoms with Crippen LogP contribution in [-0.2, 0) is 19.6 Å². The Kier molecular flexibility index (Phi) is 7.27. The maximum atomic E-state index is 11.3. The van der Waals surface area contributed by atoms with E-state index < -0.39 is 22.1 Å². The highest BCUT2D eigenvalue weighted by molar-refractivity contribution is 7.89. The number of carbonyl (C=O) groups is 1. The summed E-state index contributed by atoms with van der Waals surface area (Å²) in [5.41, 5.74) is 0. The lowest BCUT2D eigenvalue weighted by Crippen LogP contribution is -2.30. The number of nitrogens with one attached hydrogen (secondary N) is 1. The first kappa shape index (κ1) is 15.3. The van der Waals surface area contributed by atoms with Crippen LogP contribution in [0.5, 0.6) is 0 Å². The molecule has 0 fully saturated rings. The van der Waals surface area contributed by atoms with Crippen LogP contribution in [0, 0.1) is 0 Å². The second kappa shape index (κ2) is 7.59. The molecular formula is C9H19NO5S. The Morgan fingerprint density at radius 2 is 2.12 bits per heavy atom. The van der Waals surface area contributed by atoms with Crippen molar-refractivity contribution in [1.82, 2.24) is 4.72 Å². The zero-order valence-corrected chi connectivity index (χ0v) is 10.4. The Labute approximate surface area is 96.0 Å². The van der Waals surface area contributed by atoms with Crippen LogP contribution in [0.4, 0.5) is 0 Å². The van der Waals surface area contributed by atoms with Crippen LogP contribution in [-0.4, -0.2) is 44.5 Å². The van der Waals surface area contributed by atoms with Gasteiger partial charge in [-0.1, -0.05) is 0 Å². The molecule has 0 aromatic heterocycles. The summed E-state index contributed by atoms with van der Waals surface area (Å²) in [7, 11) is -3.45. The normalized spacial score (nSPS) is 13.4. The molecule has 7 heteroatoms. The lowest BCUT2D eigenvalue weighted by Gasteiger charge is -2.07. The third kappa shape index (κ3) is 8.63. The number of ether oxygens (including phenoxy) is 1. The van der Waals surface area contributed by atoms with E-state index in [0.29, 0.717) is 6.42 Å². The first-order chi connectivity index (χ1) is 7.37. The van der Waals surface area contributed by atoms with Crippen LogP contribution in [0.2, 0.25) is 0 Å². The summed E-state index contributed by atoms with van der Waals surface area (Å²) in [6, 6.07) is 0. The van der Waals surface area contributed by atoms with Crippen molar-refractivity contribution < 1.29 is 23.1 Å². The van der Waals surface area contributed by atoms with Crippen LogP contribution in [0.25, 0.3) is 0 Å². The van der Waals surface area contributed by atoms with E-state index in [4.69, 9.17) is 5.11 Å². The molecule has 0 saturated heterocycles. The minimum atomic E-state index is -3.45. The van der Waals surface area contributed by atoms with E-state index in [9.17, 15) is 13.2 Å². The number of esters is 1. The molecule has 0 radical (unpaired) electrons. The number of hydrogen-bond donors (Lipinski definition) is 2. The number of hydrogen-bond acceptors (Lipinski definition) is 5. The lowest BCUT2D eigenvalue weighted by atomic mass is 10.3. The number of sulfonamides is 1.